The normalized spacial score (nSPS) is 20.6. The molecule has 1 aromatic heterocycles. The molecule has 1 heterocycles. The van der Waals surface area contributed by atoms with Gasteiger partial charge in [0.25, 0.3) is 5.56 Å². The Balaban J connectivity index is 1.73. The third-order valence-electron chi connectivity index (χ3n) is 5.16. The summed E-state index contributed by atoms with van der Waals surface area (Å²) in [5.41, 5.74) is 1.42. The highest BCUT2D eigenvalue weighted by atomic mass is 16.3. The maximum absolute atomic E-state index is 12.6. The summed E-state index contributed by atoms with van der Waals surface area (Å²) in [7, 11) is 1.73. The van der Waals surface area contributed by atoms with Crippen molar-refractivity contribution in [1.29, 1.82) is 0 Å². The average Bonchev–Trinajstić information content (AvgIpc) is 2.60. The molecule has 2 unspecified atom stereocenters. The van der Waals surface area contributed by atoms with Crippen LogP contribution < -0.4 is 5.56 Å². The van der Waals surface area contributed by atoms with Gasteiger partial charge in [-0.3, -0.25) is 14.2 Å². The van der Waals surface area contributed by atoms with Crippen molar-refractivity contribution in [3.8, 4) is 0 Å². The molecule has 0 aliphatic heterocycles. The van der Waals surface area contributed by atoms with Gasteiger partial charge in [0.05, 0.1) is 23.3 Å². The van der Waals surface area contributed by atoms with Crippen LogP contribution in [0.2, 0.25) is 0 Å². The fraction of sp³-hybridized carbons (Fsp3) is 0.526. The number of fused-ring (bicyclic) bond motifs is 1. The van der Waals surface area contributed by atoms with Crippen LogP contribution in [0.1, 0.15) is 31.2 Å². The number of aromatic nitrogens is 2. The summed E-state index contributed by atoms with van der Waals surface area (Å²) in [6.45, 7) is 2.40. The van der Waals surface area contributed by atoms with Crippen LogP contribution in [0.15, 0.2) is 29.3 Å². The van der Waals surface area contributed by atoms with E-state index in [0.29, 0.717) is 17.4 Å². The van der Waals surface area contributed by atoms with Gasteiger partial charge >= 0.3 is 0 Å². The predicted octanol–water partition coefficient (Wildman–Crippen LogP) is 1.71. The Morgan fingerprint density at radius 2 is 2.12 bits per heavy atom. The van der Waals surface area contributed by atoms with E-state index in [1.807, 2.05) is 19.1 Å². The molecule has 25 heavy (non-hydrogen) atoms. The summed E-state index contributed by atoms with van der Waals surface area (Å²) < 4.78 is 1.36. The van der Waals surface area contributed by atoms with Gasteiger partial charge in [0.2, 0.25) is 5.91 Å². The van der Waals surface area contributed by atoms with Crippen molar-refractivity contribution in [3.05, 3.63) is 40.4 Å². The number of aryl methyl sites for hydroxylation is 1. The van der Waals surface area contributed by atoms with E-state index in [-0.39, 0.29) is 30.0 Å². The maximum Gasteiger partial charge on any atom is 0.261 e. The van der Waals surface area contributed by atoms with E-state index in [0.717, 1.165) is 31.2 Å². The minimum atomic E-state index is -0.336. The molecule has 6 nitrogen and oxygen atoms in total. The van der Waals surface area contributed by atoms with Gasteiger partial charge in [-0.15, -0.1) is 0 Å². The maximum atomic E-state index is 12.6. The number of para-hydroxylation sites is 1. The zero-order valence-corrected chi connectivity index (χ0v) is 14.8. The van der Waals surface area contributed by atoms with Gasteiger partial charge in [-0.25, -0.2) is 4.98 Å². The molecule has 1 aliphatic rings. The van der Waals surface area contributed by atoms with Crippen molar-refractivity contribution in [2.24, 2.45) is 5.92 Å². The first-order valence-corrected chi connectivity index (χ1v) is 8.84. The fourth-order valence-electron chi connectivity index (χ4n) is 3.57. The second kappa shape index (κ2) is 7.35. The number of aliphatic hydroxyl groups excluding tert-OH is 1. The second-order valence-corrected chi connectivity index (χ2v) is 7.03. The third kappa shape index (κ3) is 3.74. The lowest BCUT2D eigenvalue weighted by Crippen LogP contribution is -2.40. The fourth-order valence-corrected chi connectivity index (χ4v) is 3.57. The molecule has 2 atom stereocenters. The topological polar surface area (TPSA) is 75.4 Å². The minimum absolute atomic E-state index is 0.0327. The van der Waals surface area contributed by atoms with Crippen LogP contribution in [-0.4, -0.2) is 45.2 Å². The van der Waals surface area contributed by atoms with Crippen LogP contribution in [0.5, 0.6) is 0 Å². The number of carbonyl (C=O) groups is 1. The largest absolute Gasteiger partial charge is 0.393 e. The van der Waals surface area contributed by atoms with E-state index < -0.39 is 0 Å². The zero-order valence-electron chi connectivity index (χ0n) is 14.8. The summed E-state index contributed by atoms with van der Waals surface area (Å²) in [6.07, 6.45) is 5.00. The minimum Gasteiger partial charge on any atom is -0.393 e. The van der Waals surface area contributed by atoms with E-state index >= 15 is 0 Å². The van der Waals surface area contributed by atoms with Crippen LogP contribution in [-0.2, 0) is 11.3 Å². The van der Waals surface area contributed by atoms with Crippen LogP contribution >= 0.6 is 0 Å². The number of rotatable bonds is 4. The first-order valence-electron chi connectivity index (χ1n) is 8.84. The molecular formula is C19H25N3O3. The Kier molecular flexibility index (Phi) is 5.18. The van der Waals surface area contributed by atoms with Crippen LogP contribution in [0.4, 0.5) is 0 Å². The van der Waals surface area contributed by atoms with Gasteiger partial charge in [-0.05, 0) is 31.4 Å². The number of nitrogens with zero attached hydrogens (tertiary/aromatic N) is 3. The summed E-state index contributed by atoms with van der Waals surface area (Å²) in [5.74, 6) is -0.0227. The van der Waals surface area contributed by atoms with Gasteiger partial charge < -0.3 is 10.0 Å². The van der Waals surface area contributed by atoms with Crippen molar-refractivity contribution >= 4 is 16.8 Å². The van der Waals surface area contributed by atoms with Gasteiger partial charge in [-0.1, -0.05) is 25.0 Å². The molecule has 1 fully saturated rings. The molecule has 0 bridgehead atoms. The number of benzene rings is 1. The van der Waals surface area contributed by atoms with Crippen LogP contribution in [0.3, 0.4) is 0 Å². The Labute approximate surface area is 147 Å². The lowest BCUT2D eigenvalue weighted by Gasteiger charge is -2.31. The molecule has 1 N–H and O–H groups in total. The number of carbonyl (C=O) groups excluding carboxylic acids is 1. The summed E-state index contributed by atoms with van der Waals surface area (Å²) in [4.78, 5) is 31.0. The summed E-state index contributed by atoms with van der Waals surface area (Å²) in [5, 5.41) is 10.6. The first-order chi connectivity index (χ1) is 12.0. The van der Waals surface area contributed by atoms with Crippen LogP contribution in [0.25, 0.3) is 10.9 Å². The van der Waals surface area contributed by atoms with Gasteiger partial charge in [0, 0.05) is 19.5 Å². The molecule has 134 valence electrons. The van der Waals surface area contributed by atoms with Crippen molar-refractivity contribution < 1.29 is 9.90 Å². The van der Waals surface area contributed by atoms with Crippen molar-refractivity contribution in [3.63, 3.8) is 0 Å². The lowest BCUT2D eigenvalue weighted by atomic mass is 9.86. The first kappa shape index (κ1) is 17.6. The number of hydrogen-bond donors (Lipinski definition) is 1. The molecule has 2 aromatic rings. The van der Waals surface area contributed by atoms with Gasteiger partial charge in [-0.2, -0.15) is 0 Å². The average molecular weight is 343 g/mol. The van der Waals surface area contributed by atoms with Crippen LogP contribution in [0, 0.1) is 12.8 Å². The highest BCUT2D eigenvalue weighted by Gasteiger charge is 2.25. The molecular weight excluding hydrogens is 318 g/mol. The summed E-state index contributed by atoms with van der Waals surface area (Å²) >= 11 is 0. The highest BCUT2D eigenvalue weighted by Crippen LogP contribution is 2.24. The molecule has 3 rings (SSSR count). The smallest absolute Gasteiger partial charge is 0.261 e. The van der Waals surface area contributed by atoms with Crippen molar-refractivity contribution in [2.75, 3.05) is 13.6 Å². The molecule has 1 amide bonds. The molecule has 0 spiro atoms. The number of aliphatic hydroxyl groups is 1. The van der Waals surface area contributed by atoms with E-state index in [1.165, 1.54) is 10.9 Å². The molecule has 6 heteroatoms. The second-order valence-electron chi connectivity index (χ2n) is 7.03. The van der Waals surface area contributed by atoms with E-state index in [9.17, 15) is 14.7 Å². The summed E-state index contributed by atoms with van der Waals surface area (Å²) in [6, 6.07) is 5.47. The van der Waals surface area contributed by atoms with Gasteiger partial charge in [0.1, 0.15) is 6.54 Å². The molecule has 0 saturated heterocycles. The van der Waals surface area contributed by atoms with E-state index in [1.54, 1.807) is 18.0 Å². The highest BCUT2D eigenvalue weighted by molar-refractivity contribution is 5.81. The van der Waals surface area contributed by atoms with Crippen molar-refractivity contribution in [2.45, 2.75) is 45.3 Å². The van der Waals surface area contributed by atoms with E-state index in [2.05, 4.69) is 4.98 Å². The predicted molar refractivity (Wildman–Crippen MR) is 96.3 cm³/mol. The standard InChI is InChI=1S/C19H25N3O3/c1-13-6-5-8-15-18(13)20-12-22(19(15)25)11-17(24)21(2)10-14-7-3-4-9-16(14)23/h5-6,8,12,14,16,23H,3-4,7,9-11H2,1-2H3. The Morgan fingerprint density at radius 1 is 1.36 bits per heavy atom. The Morgan fingerprint density at radius 3 is 2.88 bits per heavy atom. The number of amides is 1. The number of likely N-dealkylation sites (N-methyl/N-ethyl adjacent to an activating group) is 1. The third-order valence-corrected chi connectivity index (χ3v) is 5.16. The molecule has 1 aromatic carbocycles. The molecule has 1 aliphatic carbocycles. The molecule has 1 saturated carbocycles. The van der Waals surface area contributed by atoms with Crippen molar-refractivity contribution in [1.82, 2.24) is 14.5 Å². The SMILES string of the molecule is Cc1cccc2c(=O)n(CC(=O)N(C)CC3CCCCC3O)cnc12. The zero-order chi connectivity index (χ0) is 18.0. The quantitative estimate of drug-likeness (QED) is 0.917. The Hall–Kier alpha value is -2.21. The van der Waals surface area contributed by atoms with E-state index in [4.69, 9.17) is 0 Å². The molecule has 0 radical (unpaired) electrons. The number of hydrogen-bond acceptors (Lipinski definition) is 4. The Bertz CT molecular complexity index is 830. The lowest BCUT2D eigenvalue weighted by molar-refractivity contribution is -0.131. The van der Waals surface area contributed by atoms with Gasteiger partial charge in [0.15, 0.2) is 0 Å². The monoisotopic (exact) mass is 343 g/mol.